The molecule has 0 radical (unpaired) electrons. The highest BCUT2D eigenvalue weighted by atomic mass is 35.5. The number of para-hydroxylation sites is 1. The van der Waals surface area contributed by atoms with Gasteiger partial charge in [0.1, 0.15) is 18.5 Å². The lowest BCUT2D eigenvalue weighted by molar-refractivity contribution is 0.102. The van der Waals surface area contributed by atoms with Gasteiger partial charge in [0.05, 0.1) is 23.4 Å². The molecular formula is C29H34ClN5O4SSi. The van der Waals surface area contributed by atoms with Gasteiger partial charge in [-0.2, -0.15) is 0 Å². The number of pyridine rings is 2. The molecule has 0 unspecified atom stereocenters. The van der Waals surface area contributed by atoms with Crippen LogP contribution in [0, 0.1) is 6.92 Å². The number of nitrogens with zero attached hydrogens (tertiary/aromatic N) is 4. The van der Waals surface area contributed by atoms with Crippen LogP contribution in [0.15, 0.2) is 54.9 Å². The first-order chi connectivity index (χ1) is 19.4. The van der Waals surface area contributed by atoms with Gasteiger partial charge in [0, 0.05) is 29.2 Å². The van der Waals surface area contributed by atoms with E-state index in [0.717, 1.165) is 22.6 Å². The predicted molar refractivity (Wildman–Crippen MR) is 165 cm³/mol. The third-order valence-electron chi connectivity index (χ3n) is 6.99. The van der Waals surface area contributed by atoms with E-state index < -0.39 is 14.4 Å². The predicted octanol–water partition coefficient (Wildman–Crippen LogP) is 7.36. The Morgan fingerprint density at radius 1 is 1.07 bits per heavy atom. The molecule has 0 aliphatic rings. The van der Waals surface area contributed by atoms with Crippen LogP contribution in [0.4, 0.5) is 5.13 Å². The molecule has 4 aromatic rings. The van der Waals surface area contributed by atoms with Crippen LogP contribution in [0.5, 0.6) is 10.9 Å². The van der Waals surface area contributed by atoms with Gasteiger partial charge in [-0.05, 0) is 60.7 Å². The van der Waals surface area contributed by atoms with E-state index in [1.165, 1.54) is 0 Å². The lowest BCUT2D eigenvalue weighted by Crippen LogP contribution is -2.43. The van der Waals surface area contributed by atoms with Gasteiger partial charge < -0.3 is 13.9 Å². The molecule has 0 saturated heterocycles. The zero-order valence-electron chi connectivity index (χ0n) is 24.2. The van der Waals surface area contributed by atoms with E-state index in [2.05, 4.69) is 59.3 Å². The first kappa shape index (κ1) is 30.6. The minimum Gasteiger partial charge on any atom is -0.496 e. The van der Waals surface area contributed by atoms with Crippen molar-refractivity contribution in [1.29, 1.82) is 0 Å². The molecule has 1 atom stereocenters. The monoisotopic (exact) mass is 611 g/mol. The fourth-order valence-corrected chi connectivity index (χ4v) is 5.72. The van der Waals surface area contributed by atoms with Crippen molar-refractivity contribution in [2.45, 2.75) is 51.9 Å². The van der Waals surface area contributed by atoms with Crippen molar-refractivity contribution in [1.82, 2.24) is 20.2 Å². The summed E-state index contributed by atoms with van der Waals surface area (Å²) in [5, 5.41) is 12.2. The first-order valence-electron chi connectivity index (χ1n) is 13.0. The van der Waals surface area contributed by atoms with Crippen molar-refractivity contribution in [3.05, 3.63) is 76.8 Å². The molecule has 3 aromatic heterocycles. The van der Waals surface area contributed by atoms with Gasteiger partial charge in [-0.1, -0.05) is 55.7 Å². The van der Waals surface area contributed by atoms with Crippen LogP contribution in [0.1, 0.15) is 48.6 Å². The molecule has 0 aliphatic carbocycles. The Bertz CT molecular complexity index is 1510. The van der Waals surface area contributed by atoms with E-state index in [4.69, 9.17) is 25.5 Å². The molecule has 1 aromatic carbocycles. The van der Waals surface area contributed by atoms with E-state index in [9.17, 15) is 4.79 Å². The maximum Gasteiger partial charge on any atom is 0.295 e. The van der Waals surface area contributed by atoms with Crippen LogP contribution in [0.3, 0.4) is 0 Å². The molecule has 4 rings (SSSR count). The lowest BCUT2D eigenvalue weighted by Gasteiger charge is -2.38. The molecular weight excluding hydrogens is 578 g/mol. The number of aryl methyl sites for hydroxylation is 1. The van der Waals surface area contributed by atoms with Gasteiger partial charge in [-0.15, -0.1) is 5.10 Å². The van der Waals surface area contributed by atoms with Gasteiger partial charge in [-0.3, -0.25) is 20.1 Å². The molecule has 1 N–H and O–H groups in total. The van der Waals surface area contributed by atoms with Gasteiger partial charge in [0.2, 0.25) is 5.13 Å². The molecule has 216 valence electrons. The number of anilines is 1. The summed E-state index contributed by atoms with van der Waals surface area (Å²) in [5.41, 5.74) is 3.37. The normalized spacial score (nSPS) is 12.6. The Balaban J connectivity index is 1.50. The summed E-state index contributed by atoms with van der Waals surface area (Å²) in [6, 6.07) is 13.0. The number of benzene rings is 1. The van der Waals surface area contributed by atoms with E-state index in [-0.39, 0.29) is 17.6 Å². The number of amides is 1. The third-order valence-corrected chi connectivity index (χ3v) is 12.5. The maximum atomic E-state index is 13.3. The number of methoxy groups -OCH3 is 1. The summed E-state index contributed by atoms with van der Waals surface area (Å²) in [6.07, 6.45) is 2.71. The quantitative estimate of drug-likeness (QED) is 0.185. The van der Waals surface area contributed by atoms with Gasteiger partial charge in [0.15, 0.2) is 8.32 Å². The SMILES string of the molecule is COc1ccccc1-c1cc(C)ncc1C(=O)Nc1nnc(OC[C@H](O[Si](C)(C)C(C)(C)C)c2ccc(Cl)cn2)s1. The van der Waals surface area contributed by atoms with E-state index in [0.29, 0.717) is 37.9 Å². The largest absolute Gasteiger partial charge is 0.496 e. The van der Waals surface area contributed by atoms with Crippen molar-refractivity contribution in [3.8, 4) is 22.1 Å². The number of carbonyl (C=O) groups is 1. The second-order valence-corrected chi connectivity index (χ2v) is 17.1. The Kier molecular flexibility index (Phi) is 9.43. The Morgan fingerprint density at radius 3 is 2.51 bits per heavy atom. The summed E-state index contributed by atoms with van der Waals surface area (Å²) in [5.74, 6) is 0.286. The summed E-state index contributed by atoms with van der Waals surface area (Å²) >= 11 is 7.19. The fourth-order valence-electron chi connectivity index (χ4n) is 3.75. The highest BCUT2D eigenvalue weighted by Crippen LogP contribution is 2.40. The second-order valence-electron chi connectivity index (χ2n) is 11.0. The molecule has 0 fully saturated rings. The molecule has 0 aliphatic heterocycles. The average molecular weight is 612 g/mol. The van der Waals surface area contributed by atoms with E-state index in [1.54, 1.807) is 25.6 Å². The third kappa shape index (κ3) is 7.47. The molecule has 1 amide bonds. The van der Waals surface area contributed by atoms with Crippen LogP contribution in [0.2, 0.25) is 23.2 Å². The second kappa shape index (κ2) is 12.6. The van der Waals surface area contributed by atoms with Crippen LogP contribution < -0.4 is 14.8 Å². The fraction of sp³-hybridized carbons (Fsp3) is 0.345. The lowest BCUT2D eigenvalue weighted by atomic mass is 9.99. The van der Waals surface area contributed by atoms with Crippen molar-refractivity contribution in [2.75, 3.05) is 19.0 Å². The zero-order chi connectivity index (χ0) is 29.8. The number of rotatable bonds is 10. The number of carbonyl (C=O) groups excluding carboxylic acids is 1. The molecule has 12 heteroatoms. The smallest absolute Gasteiger partial charge is 0.295 e. The molecule has 3 heterocycles. The van der Waals surface area contributed by atoms with E-state index in [1.807, 2.05) is 43.3 Å². The minimum atomic E-state index is -2.16. The van der Waals surface area contributed by atoms with E-state index >= 15 is 0 Å². The van der Waals surface area contributed by atoms with Crippen molar-refractivity contribution in [2.24, 2.45) is 0 Å². The minimum absolute atomic E-state index is 0.00861. The van der Waals surface area contributed by atoms with Gasteiger partial charge >= 0.3 is 0 Å². The summed E-state index contributed by atoms with van der Waals surface area (Å²) < 4.78 is 18.2. The Morgan fingerprint density at radius 2 is 1.83 bits per heavy atom. The number of ether oxygens (including phenoxy) is 2. The highest BCUT2D eigenvalue weighted by Gasteiger charge is 2.40. The van der Waals surface area contributed by atoms with Crippen molar-refractivity contribution in [3.63, 3.8) is 0 Å². The Hall–Kier alpha value is -3.38. The standard InChI is InChI=1S/C29H34ClN5O4SSi/c1-18-14-21(20-10-8-9-11-24(20)37-5)22(16-31-18)26(36)33-27-34-35-28(40-27)38-17-25(23-13-12-19(30)15-32-23)39-41(6,7)29(2,3)4/h8-16,25H,17H2,1-7H3,(H,33,34,36)/t25-/m0/s1. The maximum absolute atomic E-state index is 13.3. The molecule has 0 bridgehead atoms. The summed E-state index contributed by atoms with van der Waals surface area (Å²) in [4.78, 5) is 22.1. The van der Waals surface area contributed by atoms with Gasteiger partial charge in [-0.25, -0.2) is 0 Å². The van der Waals surface area contributed by atoms with Crippen LogP contribution in [0.25, 0.3) is 11.1 Å². The van der Waals surface area contributed by atoms with Gasteiger partial charge in [0.25, 0.3) is 11.1 Å². The molecule has 41 heavy (non-hydrogen) atoms. The number of nitrogens with one attached hydrogen (secondary N) is 1. The van der Waals surface area contributed by atoms with Crippen LogP contribution in [-0.2, 0) is 4.43 Å². The highest BCUT2D eigenvalue weighted by molar-refractivity contribution is 7.17. The van der Waals surface area contributed by atoms with Crippen molar-refractivity contribution < 1.29 is 18.7 Å². The van der Waals surface area contributed by atoms with Crippen molar-refractivity contribution >= 4 is 42.3 Å². The topological polar surface area (TPSA) is 108 Å². The number of aromatic nitrogens is 4. The first-order valence-corrected chi connectivity index (χ1v) is 17.1. The molecule has 0 saturated carbocycles. The number of halogens is 1. The zero-order valence-corrected chi connectivity index (χ0v) is 26.8. The summed E-state index contributed by atoms with van der Waals surface area (Å²) in [7, 11) is -0.561. The average Bonchev–Trinajstić information content (AvgIpc) is 3.37. The molecule has 0 spiro atoms. The summed E-state index contributed by atoms with van der Waals surface area (Å²) in [6.45, 7) is 12.9. The van der Waals surface area contributed by atoms with Crippen LogP contribution >= 0.6 is 22.9 Å². The number of hydrogen-bond acceptors (Lipinski definition) is 9. The number of hydrogen-bond donors (Lipinski definition) is 1. The molecule has 9 nitrogen and oxygen atoms in total. The Labute approximate surface area is 250 Å². The van der Waals surface area contributed by atoms with Crippen LogP contribution in [-0.4, -0.2) is 48.1 Å².